The number of ketones is 1. The predicted molar refractivity (Wildman–Crippen MR) is 80.0 cm³/mol. The molecule has 1 amide bonds. The van der Waals surface area contributed by atoms with Gasteiger partial charge in [0, 0.05) is 0 Å². The van der Waals surface area contributed by atoms with Crippen molar-refractivity contribution in [2.24, 2.45) is 5.92 Å². The van der Waals surface area contributed by atoms with Crippen molar-refractivity contribution in [3.63, 3.8) is 0 Å². The third-order valence-corrected chi connectivity index (χ3v) is 3.04. The molecule has 1 aromatic carbocycles. The number of rotatable bonds is 7. The zero-order valence-electron chi connectivity index (χ0n) is 12.9. The summed E-state index contributed by atoms with van der Waals surface area (Å²) in [6, 6.07) is 4.10. The van der Waals surface area contributed by atoms with Crippen molar-refractivity contribution >= 4 is 17.8 Å². The molecule has 0 heterocycles. The summed E-state index contributed by atoms with van der Waals surface area (Å²) in [5.74, 6) is -3.29. The molecule has 1 aromatic rings. The van der Waals surface area contributed by atoms with Gasteiger partial charge in [-0.2, -0.15) is 0 Å². The second-order valence-corrected chi connectivity index (χ2v) is 4.68. The van der Waals surface area contributed by atoms with Crippen LogP contribution in [0.3, 0.4) is 0 Å². The van der Waals surface area contributed by atoms with E-state index in [-0.39, 0.29) is 12.2 Å². The summed E-state index contributed by atoms with van der Waals surface area (Å²) < 4.78 is 22.9. The SMILES string of the molecule is C=CCOC(=O)C(C(C)=O)[C@@H](NC(=O)OC)c1cccc(F)c1. The zero-order valence-corrected chi connectivity index (χ0v) is 12.9. The molecule has 1 rings (SSSR count). The number of Topliss-reactive ketones (excluding diaryl/α,β-unsaturated/α-hetero) is 1. The van der Waals surface area contributed by atoms with E-state index < -0.39 is 35.6 Å². The van der Waals surface area contributed by atoms with Crippen molar-refractivity contribution in [2.75, 3.05) is 13.7 Å². The minimum atomic E-state index is -1.34. The van der Waals surface area contributed by atoms with Crippen molar-refractivity contribution in [1.29, 1.82) is 0 Å². The number of ether oxygens (including phenoxy) is 2. The van der Waals surface area contributed by atoms with Crippen LogP contribution in [0.1, 0.15) is 18.5 Å². The number of benzene rings is 1. The molecule has 23 heavy (non-hydrogen) atoms. The number of carbonyl (C=O) groups excluding carboxylic acids is 3. The number of amides is 1. The van der Waals surface area contributed by atoms with E-state index in [9.17, 15) is 18.8 Å². The molecule has 2 atom stereocenters. The third kappa shape index (κ3) is 5.21. The lowest BCUT2D eigenvalue weighted by Gasteiger charge is -2.24. The van der Waals surface area contributed by atoms with E-state index in [0.717, 1.165) is 13.2 Å². The summed E-state index contributed by atoms with van der Waals surface area (Å²) in [4.78, 5) is 35.6. The van der Waals surface area contributed by atoms with E-state index in [1.807, 2.05) is 0 Å². The van der Waals surface area contributed by atoms with Gasteiger partial charge in [0.25, 0.3) is 0 Å². The van der Waals surface area contributed by atoms with Gasteiger partial charge in [0.1, 0.15) is 24.1 Å². The number of hydrogen-bond donors (Lipinski definition) is 1. The molecule has 0 aliphatic carbocycles. The first-order chi connectivity index (χ1) is 10.9. The molecular weight excluding hydrogens is 305 g/mol. The van der Waals surface area contributed by atoms with Gasteiger partial charge in [-0.1, -0.05) is 24.8 Å². The second kappa shape index (κ2) is 8.67. The first-order valence-electron chi connectivity index (χ1n) is 6.78. The van der Waals surface area contributed by atoms with Crippen molar-refractivity contribution in [3.8, 4) is 0 Å². The highest BCUT2D eigenvalue weighted by atomic mass is 19.1. The molecule has 0 aliphatic heterocycles. The van der Waals surface area contributed by atoms with E-state index in [1.54, 1.807) is 0 Å². The lowest BCUT2D eigenvalue weighted by molar-refractivity contribution is -0.151. The Balaban J connectivity index is 3.22. The van der Waals surface area contributed by atoms with Crippen LogP contribution in [0, 0.1) is 11.7 Å². The normalized spacial score (nSPS) is 12.7. The second-order valence-electron chi connectivity index (χ2n) is 4.68. The summed E-state index contributed by atoms with van der Waals surface area (Å²) in [6.07, 6.45) is 0.488. The van der Waals surface area contributed by atoms with Crippen LogP contribution >= 0.6 is 0 Å². The monoisotopic (exact) mass is 323 g/mol. The average Bonchev–Trinajstić information content (AvgIpc) is 2.51. The Morgan fingerprint density at radius 1 is 1.39 bits per heavy atom. The minimum absolute atomic E-state index is 0.0866. The smallest absolute Gasteiger partial charge is 0.407 e. The molecule has 7 heteroatoms. The van der Waals surface area contributed by atoms with Crippen molar-refractivity contribution < 1.29 is 28.2 Å². The first kappa shape index (κ1) is 18.3. The first-order valence-corrected chi connectivity index (χ1v) is 6.78. The van der Waals surface area contributed by atoms with Crippen molar-refractivity contribution in [2.45, 2.75) is 13.0 Å². The molecule has 1 unspecified atom stereocenters. The highest BCUT2D eigenvalue weighted by Gasteiger charge is 2.36. The fraction of sp³-hybridized carbons (Fsp3) is 0.312. The maximum Gasteiger partial charge on any atom is 0.407 e. The Kier molecular flexibility index (Phi) is 6.92. The number of alkyl carbamates (subject to hydrolysis) is 1. The lowest BCUT2D eigenvalue weighted by atomic mass is 9.90. The standard InChI is InChI=1S/C16H18FNO5/c1-4-8-23-15(20)13(10(2)19)14(18-16(21)22-3)11-6-5-7-12(17)9-11/h4-7,9,13-14H,1,8H2,2-3H3,(H,18,21)/t13?,14-/m0/s1. The summed E-state index contributed by atoms with van der Waals surface area (Å²) in [5, 5.41) is 2.37. The average molecular weight is 323 g/mol. The molecule has 6 nitrogen and oxygen atoms in total. The maximum atomic E-state index is 13.5. The van der Waals surface area contributed by atoms with E-state index >= 15 is 0 Å². The molecule has 0 aromatic heterocycles. The van der Waals surface area contributed by atoms with E-state index in [1.165, 1.54) is 31.2 Å². The number of carbonyl (C=O) groups is 3. The fourth-order valence-electron chi connectivity index (χ4n) is 2.01. The van der Waals surface area contributed by atoms with E-state index in [0.29, 0.717) is 0 Å². The van der Waals surface area contributed by atoms with Gasteiger partial charge in [-0.05, 0) is 24.6 Å². The highest BCUT2D eigenvalue weighted by molar-refractivity contribution is 5.99. The van der Waals surface area contributed by atoms with Gasteiger partial charge in [-0.3, -0.25) is 9.59 Å². The summed E-state index contributed by atoms with van der Waals surface area (Å²) in [7, 11) is 1.14. The molecule has 1 N–H and O–H groups in total. The van der Waals surface area contributed by atoms with Gasteiger partial charge in [0.15, 0.2) is 0 Å². The van der Waals surface area contributed by atoms with Gasteiger partial charge >= 0.3 is 12.1 Å². The van der Waals surface area contributed by atoms with Crippen LogP contribution in [0.5, 0.6) is 0 Å². The molecule has 0 spiro atoms. The van der Waals surface area contributed by atoms with Gasteiger partial charge in [-0.15, -0.1) is 0 Å². The predicted octanol–water partition coefficient (Wildman–Crippen LogP) is 2.16. The largest absolute Gasteiger partial charge is 0.461 e. The summed E-state index contributed by atoms with van der Waals surface area (Å²) in [5.41, 5.74) is 0.242. The molecule has 124 valence electrons. The number of hydrogen-bond acceptors (Lipinski definition) is 5. The number of nitrogens with one attached hydrogen (secondary N) is 1. The molecular formula is C16H18FNO5. The van der Waals surface area contributed by atoms with Gasteiger partial charge in [0.2, 0.25) is 0 Å². The van der Waals surface area contributed by atoms with Crippen LogP contribution in [-0.2, 0) is 19.1 Å². The topological polar surface area (TPSA) is 81.7 Å². The van der Waals surface area contributed by atoms with Crippen LogP contribution in [0.15, 0.2) is 36.9 Å². The number of methoxy groups -OCH3 is 1. The van der Waals surface area contributed by atoms with Gasteiger partial charge in [-0.25, -0.2) is 9.18 Å². The molecule has 0 fully saturated rings. The summed E-state index contributed by atoms with van der Waals surface area (Å²) in [6.45, 7) is 4.51. The Morgan fingerprint density at radius 3 is 2.61 bits per heavy atom. The fourth-order valence-corrected chi connectivity index (χ4v) is 2.01. The molecule has 0 radical (unpaired) electrons. The summed E-state index contributed by atoms with van der Waals surface area (Å²) >= 11 is 0. The zero-order chi connectivity index (χ0) is 17.4. The molecule has 0 saturated heterocycles. The van der Waals surface area contributed by atoms with Crippen LogP contribution in [0.25, 0.3) is 0 Å². The highest BCUT2D eigenvalue weighted by Crippen LogP contribution is 2.25. The Morgan fingerprint density at radius 2 is 2.09 bits per heavy atom. The van der Waals surface area contributed by atoms with E-state index in [2.05, 4.69) is 16.6 Å². The van der Waals surface area contributed by atoms with Crippen molar-refractivity contribution in [3.05, 3.63) is 48.3 Å². The Labute approximate surface area is 133 Å². The maximum absolute atomic E-state index is 13.5. The Hall–Kier alpha value is -2.70. The molecule has 0 saturated carbocycles. The Bertz CT molecular complexity index is 602. The number of halogens is 1. The van der Waals surface area contributed by atoms with Crippen LogP contribution in [0.4, 0.5) is 9.18 Å². The van der Waals surface area contributed by atoms with Crippen LogP contribution in [-0.4, -0.2) is 31.6 Å². The quantitative estimate of drug-likeness (QED) is 0.472. The molecule has 0 bridgehead atoms. The third-order valence-electron chi connectivity index (χ3n) is 3.04. The molecule has 0 aliphatic rings. The van der Waals surface area contributed by atoms with Crippen LogP contribution in [0.2, 0.25) is 0 Å². The van der Waals surface area contributed by atoms with E-state index in [4.69, 9.17) is 4.74 Å². The number of esters is 1. The van der Waals surface area contributed by atoms with Gasteiger partial charge < -0.3 is 14.8 Å². The van der Waals surface area contributed by atoms with Crippen LogP contribution < -0.4 is 5.32 Å². The lowest BCUT2D eigenvalue weighted by Crippen LogP contribution is -2.40. The van der Waals surface area contributed by atoms with Crippen molar-refractivity contribution in [1.82, 2.24) is 5.32 Å². The van der Waals surface area contributed by atoms with Gasteiger partial charge in [0.05, 0.1) is 13.2 Å². The minimum Gasteiger partial charge on any atom is -0.461 e.